The van der Waals surface area contributed by atoms with Gasteiger partial charge in [-0.3, -0.25) is 9.59 Å². The summed E-state index contributed by atoms with van der Waals surface area (Å²) in [7, 11) is 0. The molecule has 2 aromatic heterocycles. The summed E-state index contributed by atoms with van der Waals surface area (Å²) >= 11 is 1.64. The molecule has 0 radical (unpaired) electrons. The maximum atomic E-state index is 12.3. The Hall–Kier alpha value is -2.21. The minimum absolute atomic E-state index is 0.0510. The van der Waals surface area contributed by atoms with Crippen molar-refractivity contribution in [1.82, 2.24) is 4.98 Å². The van der Waals surface area contributed by atoms with Gasteiger partial charge in [0.25, 0.3) is 5.56 Å². The number of rotatable bonds is 2. The SMILES string of the molecule is Cc1ccc([C@@H]2CC(=O)c3cc(C(=O)O)c(=O)[nH]c3C2)s1. The van der Waals surface area contributed by atoms with Crippen LogP contribution in [0.4, 0.5) is 0 Å². The summed E-state index contributed by atoms with van der Waals surface area (Å²) in [5.41, 5.74) is -0.168. The lowest BCUT2D eigenvalue weighted by Gasteiger charge is -2.22. The molecule has 0 bridgehead atoms. The van der Waals surface area contributed by atoms with Gasteiger partial charge in [-0.25, -0.2) is 4.79 Å². The summed E-state index contributed by atoms with van der Waals surface area (Å²) in [5, 5.41) is 8.96. The van der Waals surface area contributed by atoms with Crippen LogP contribution in [-0.4, -0.2) is 21.8 Å². The number of aromatic carboxylic acids is 1. The van der Waals surface area contributed by atoms with Crippen LogP contribution in [0.3, 0.4) is 0 Å². The van der Waals surface area contributed by atoms with Crippen LogP contribution in [-0.2, 0) is 6.42 Å². The van der Waals surface area contributed by atoms with Crippen LogP contribution in [0.15, 0.2) is 23.0 Å². The number of fused-ring (bicyclic) bond motifs is 1. The van der Waals surface area contributed by atoms with E-state index >= 15 is 0 Å². The van der Waals surface area contributed by atoms with E-state index in [1.54, 1.807) is 11.3 Å². The number of nitrogens with one attached hydrogen (secondary N) is 1. The number of carboxylic acids is 1. The molecule has 0 aliphatic heterocycles. The van der Waals surface area contributed by atoms with Gasteiger partial charge in [0.05, 0.1) is 0 Å². The van der Waals surface area contributed by atoms with Crippen LogP contribution in [0.1, 0.15) is 48.5 Å². The molecule has 2 aromatic rings. The molecule has 1 aliphatic carbocycles. The third-order valence-electron chi connectivity index (χ3n) is 3.70. The van der Waals surface area contributed by atoms with E-state index in [0.717, 1.165) is 4.88 Å². The molecule has 108 valence electrons. The van der Waals surface area contributed by atoms with Gasteiger partial charge in [0.2, 0.25) is 0 Å². The van der Waals surface area contributed by atoms with Crippen LogP contribution >= 0.6 is 11.3 Å². The normalized spacial score (nSPS) is 17.6. The molecule has 2 heterocycles. The minimum atomic E-state index is -1.32. The van der Waals surface area contributed by atoms with Crippen molar-refractivity contribution in [2.45, 2.75) is 25.7 Å². The molecule has 5 nitrogen and oxygen atoms in total. The third kappa shape index (κ3) is 2.42. The molecule has 0 spiro atoms. The lowest BCUT2D eigenvalue weighted by atomic mass is 9.84. The number of aromatic amines is 1. The highest BCUT2D eigenvalue weighted by molar-refractivity contribution is 7.12. The Balaban J connectivity index is 2.03. The first-order chi connectivity index (χ1) is 9.95. The van der Waals surface area contributed by atoms with E-state index < -0.39 is 11.5 Å². The molecule has 0 saturated carbocycles. The van der Waals surface area contributed by atoms with E-state index in [0.29, 0.717) is 24.1 Å². The average Bonchev–Trinajstić information content (AvgIpc) is 2.84. The standard InChI is InChI=1S/C15H13NO4S/c1-7-2-3-13(21-7)8-4-11-9(12(17)5-8)6-10(15(19)20)14(18)16-11/h2-3,6,8H,4-5H2,1H3,(H,16,18)(H,19,20)/t8-/m0/s1. The number of thiophene rings is 1. The first-order valence-corrected chi connectivity index (χ1v) is 7.36. The highest BCUT2D eigenvalue weighted by Crippen LogP contribution is 2.35. The smallest absolute Gasteiger partial charge is 0.341 e. The topological polar surface area (TPSA) is 87.2 Å². The summed E-state index contributed by atoms with van der Waals surface area (Å²) in [5.74, 6) is -1.39. The fourth-order valence-electron chi connectivity index (χ4n) is 2.66. The van der Waals surface area contributed by atoms with E-state index in [1.807, 2.05) is 19.1 Å². The van der Waals surface area contributed by atoms with E-state index in [9.17, 15) is 14.4 Å². The lowest BCUT2D eigenvalue weighted by Crippen LogP contribution is -2.27. The predicted octanol–water partition coefficient (Wildman–Crippen LogP) is 2.36. The summed E-state index contributed by atoms with van der Waals surface area (Å²) in [4.78, 5) is 39.8. The fraction of sp³-hybridized carbons (Fsp3) is 0.267. The number of hydrogen-bond donors (Lipinski definition) is 2. The van der Waals surface area contributed by atoms with Crippen molar-refractivity contribution in [3.05, 3.63) is 55.1 Å². The van der Waals surface area contributed by atoms with Crippen molar-refractivity contribution < 1.29 is 14.7 Å². The first-order valence-electron chi connectivity index (χ1n) is 6.54. The number of carbonyl (C=O) groups is 2. The van der Waals surface area contributed by atoms with Crippen LogP contribution in [0.2, 0.25) is 0 Å². The number of carbonyl (C=O) groups excluding carboxylic acids is 1. The Morgan fingerprint density at radius 2 is 2.10 bits per heavy atom. The molecule has 1 atom stereocenters. The molecule has 0 aromatic carbocycles. The third-order valence-corrected chi connectivity index (χ3v) is 4.86. The second kappa shape index (κ2) is 4.96. The minimum Gasteiger partial charge on any atom is -0.477 e. The molecule has 2 N–H and O–H groups in total. The van der Waals surface area contributed by atoms with Gasteiger partial charge in [-0.15, -0.1) is 11.3 Å². The maximum absolute atomic E-state index is 12.3. The average molecular weight is 303 g/mol. The van der Waals surface area contributed by atoms with Gasteiger partial charge in [-0.2, -0.15) is 0 Å². The van der Waals surface area contributed by atoms with Crippen LogP contribution in [0, 0.1) is 6.92 Å². The zero-order valence-corrected chi connectivity index (χ0v) is 12.1. The monoisotopic (exact) mass is 303 g/mol. The second-order valence-electron chi connectivity index (χ2n) is 5.19. The van der Waals surface area contributed by atoms with Gasteiger partial charge in [0.1, 0.15) is 5.56 Å². The molecule has 3 rings (SSSR count). The number of hydrogen-bond acceptors (Lipinski definition) is 4. The van der Waals surface area contributed by atoms with Crippen molar-refractivity contribution in [3.8, 4) is 0 Å². The van der Waals surface area contributed by atoms with Crippen molar-refractivity contribution in [3.63, 3.8) is 0 Å². The predicted molar refractivity (Wildman–Crippen MR) is 78.5 cm³/mol. The quantitative estimate of drug-likeness (QED) is 0.891. The van der Waals surface area contributed by atoms with Gasteiger partial charge in [0, 0.05) is 33.4 Å². The number of ketones is 1. The number of Topliss-reactive ketones (excluding diaryl/α,β-unsaturated/α-hetero) is 1. The molecular formula is C15H13NO4S. The van der Waals surface area contributed by atoms with Crippen LogP contribution in [0.25, 0.3) is 0 Å². The Labute approximate surface area is 124 Å². The number of aromatic nitrogens is 1. The van der Waals surface area contributed by atoms with E-state index in [-0.39, 0.29) is 17.3 Å². The molecule has 0 saturated heterocycles. The first kappa shape index (κ1) is 13.8. The molecule has 6 heteroatoms. The van der Waals surface area contributed by atoms with Crippen LogP contribution < -0.4 is 5.56 Å². The van der Waals surface area contributed by atoms with Gasteiger partial charge in [-0.1, -0.05) is 0 Å². The number of carboxylic acid groups (broad SMARTS) is 1. The zero-order chi connectivity index (χ0) is 15.1. The van der Waals surface area contributed by atoms with Crippen molar-refractivity contribution in [2.75, 3.05) is 0 Å². The molecule has 0 fully saturated rings. The van der Waals surface area contributed by atoms with E-state index in [4.69, 9.17) is 5.11 Å². The van der Waals surface area contributed by atoms with Gasteiger partial charge < -0.3 is 10.1 Å². The number of aryl methyl sites for hydroxylation is 1. The van der Waals surface area contributed by atoms with Gasteiger partial charge in [-0.05, 0) is 31.5 Å². The van der Waals surface area contributed by atoms with Crippen molar-refractivity contribution in [2.24, 2.45) is 0 Å². The van der Waals surface area contributed by atoms with Crippen LogP contribution in [0.5, 0.6) is 0 Å². The molecular weight excluding hydrogens is 290 g/mol. The Kier molecular flexibility index (Phi) is 3.25. The summed E-state index contributed by atoms with van der Waals surface area (Å²) in [6.07, 6.45) is 0.897. The Morgan fingerprint density at radius 1 is 1.33 bits per heavy atom. The van der Waals surface area contributed by atoms with Crippen molar-refractivity contribution >= 4 is 23.1 Å². The van der Waals surface area contributed by atoms with Gasteiger partial charge >= 0.3 is 5.97 Å². The summed E-state index contributed by atoms with van der Waals surface area (Å²) < 4.78 is 0. The van der Waals surface area contributed by atoms with E-state index in [2.05, 4.69) is 4.98 Å². The maximum Gasteiger partial charge on any atom is 0.341 e. The summed E-state index contributed by atoms with van der Waals surface area (Å²) in [6.45, 7) is 2.01. The van der Waals surface area contributed by atoms with Gasteiger partial charge in [0.15, 0.2) is 5.78 Å². The van der Waals surface area contributed by atoms with Crippen molar-refractivity contribution in [1.29, 1.82) is 0 Å². The Bertz CT molecular complexity index is 802. The number of pyridine rings is 1. The second-order valence-corrected chi connectivity index (χ2v) is 6.51. The lowest BCUT2D eigenvalue weighted by molar-refractivity contribution is 0.0695. The Morgan fingerprint density at radius 3 is 2.71 bits per heavy atom. The highest BCUT2D eigenvalue weighted by atomic mass is 32.1. The summed E-state index contributed by atoms with van der Waals surface area (Å²) in [6, 6.07) is 5.22. The molecule has 21 heavy (non-hydrogen) atoms. The molecule has 0 unspecified atom stereocenters. The number of H-pyrrole nitrogens is 1. The fourth-order valence-corrected chi connectivity index (χ4v) is 3.64. The highest BCUT2D eigenvalue weighted by Gasteiger charge is 2.29. The largest absolute Gasteiger partial charge is 0.477 e. The van der Waals surface area contributed by atoms with E-state index in [1.165, 1.54) is 10.9 Å². The molecule has 0 amide bonds. The molecule has 1 aliphatic rings. The zero-order valence-electron chi connectivity index (χ0n) is 11.3.